The minimum absolute atomic E-state index is 0.0246. The Morgan fingerprint density at radius 2 is 1.78 bits per heavy atom. The number of hydrogen-bond acceptors (Lipinski definition) is 2. The van der Waals surface area contributed by atoms with Gasteiger partial charge in [0.15, 0.2) is 5.78 Å². The van der Waals surface area contributed by atoms with Crippen molar-refractivity contribution in [3.8, 4) is 0 Å². The van der Waals surface area contributed by atoms with Gasteiger partial charge >= 0.3 is 0 Å². The van der Waals surface area contributed by atoms with Gasteiger partial charge in [-0.15, -0.1) is 0 Å². The fraction of sp³-hybridized carbons (Fsp3) is 0.810. The van der Waals surface area contributed by atoms with Gasteiger partial charge in [-0.3, -0.25) is 9.59 Å². The molecule has 3 saturated carbocycles. The van der Waals surface area contributed by atoms with E-state index in [9.17, 15) is 9.59 Å². The van der Waals surface area contributed by atoms with E-state index in [-0.39, 0.29) is 10.8 Å². The van der Waals surface area contributed by atoms with Crippen LogP contribution in [0, 0.1) is 34.5 Å². The summed E-state index contributed by atoms with van der Waals surface area (Å²) in [4.78, 5) is 24.7. The first-order chi connectivity index (χ1) is 10.9. The zero-order chi connectivity index (χ0) is 16.4. The van der Waals surface area contributed by atoms with Crippen LogP contribution in [-0.2, 0) is 9.59 Å². The highest BCUT2D eigenvalue weighted by Gasteiger charge is 2.61. The molecule has 4 aliphatic rings. The molecule has 126 valence electrons. The minimum atomic E-state index is -0.0246. The van der Waals surface area contributed by atoms with E-state index in [0.29, 0.717) is 35.2 Å². The van der Waals surface area contributed by atoms with Crippen molar-refractivity contribution in [2.45, 2.75) is 72.1 Å². The minimum Gasteiger partial charge on any atom is -0.299 e. The normalized spacial score (nSPS) is 46.3. The molecule has 3 fully saturated rings. The maximum absolute atomic E-state index is 12.8. The van der Waals surface area contributed by atoms with Gasteiger partial charge < -0.3 is 0 Å². The third-order valence-corrected chi connectivity index (χ3v) is 8.32. The highest BCUT2D eigenvalue weighted by Crippen LogP contribution is 2.66. The van der Waals surface area contributed by atoms with E-state index in [2.05, 4.69) is 20.8 Å². The van der Waals surface area contributed by atoms with E-state index in [4.69, 9.17) is 0 Å². The summed E-state index contributed by atoms with van der Waals surface area (Å²) in [6.07, 6.45) is 10.2. The molecule has 0 aromatic carbocycles. The second-order valence-electron chi connectivity index (χ2n) is 9.16. The van der Waals surface area contributed by atoms with Crippen molar-refractivity contribution in [2.24, 2.45) is 34.5 Å². The van der Waals surface area contributed by atoms with Crippen LogP contribution >= 0.6 is 0 Å². The number of rotatable bonds is 1. The van der Waals surface area contributed by atoms with Crippen LogP contribution in [0.2, 0.25) is 0 Å². The highest BCUT2D eigenvalue weighted by molar-refractivity contribution is 5.91. The Morgan fingerprint density at radius 1 is 1.00 bits per heavy atom. The fourth-order valence-corrected chi connectivity index (χ4v) is 7.10. The Morgan fingerprint density at radius 3 is 2.52 bits per heavy atom. The van der Waals surface area contributed by atoms with Gasteiger partial charge in [-0.2, -0.15) is 0 Å². The first kappa shape index (κ1) is 15.6. The fourth-order valence-electron chi connectivity index (χ4n) is 7.10. The molecule has 23 heavy (non-hydrogen) atoms. The molecule has 0 radical (unpaired) electrons. The van der Waals surface area contributed by atoms with Crippen LogP contribution in [0.15, 0.2) is 11.6 Å². The average molecular weight is 314 g/mol. The van der Waals surface area contributed by atoms with Gasteiger partial charge in [0.05, 0.1) is 0 Å². The number of allylic oxidation sites excluding steroid dienone is 1. The number of Topliss-reactive ketones (excluding diaryl/α,β-unsaturated/α-hetero) is 1. The van der Waals surface area contributed by atoms with Crippen LogP contribution in [0.4, 0.5) is 0 Å². The lowest BCUT2D eigenvalue weighted by Gasteiger charge is -2.58. The van der Waals surface area contributed by atoms with E-state index >= 15 is 0 Å². The van der Waals surface area contributed by atoms with Crippen LogP contribution in [-0.4, -0.2) is 11.6 Å². The lowest BCUT2D eigenvalue weighted by atomic mass is 9.46. The monoisotopic (exact) mass is 314 g/mol. The van der Waals surface area contributed by atoms with E-state index < -0.39 is 0 Å². The van der Waals surface area contributed by atoms with Gasteiger partial charge in [-0.1, -0.05) is 26.3 Å². The van der Waals surface area contributed by atoms with Crippen LogP contribution in [0.25, 0.3) is 0 Å². The van der Waals surface area contributed by atoms with Gasteiger partial charge in [0, 0.05) is 18.3 Å². The molecule has 0 spiro atoms. The third kappa shape index (κ3) is 1.93. The van der Waals surface area contributed by atoms with Gasteiger partial charge in [0.2, 0.25) is 0 Å². The number of fused-ring (bicyclic) bond motifs is 5. The molecule has 4 rings (SSSR count). The second-order valence-corrected chi connectivity index (χ2v) is 9.16. The van der Waals surface area contributed by atoms with Crippen LogP contribution in [0.3, 0.4) is 0 Å². The van der Waals surface area contributed by atoms with E-state index in [1.807, 2.05) is 6.08 Å². The van der Waals surface area contributed by atoms with Crippen molar-refractivity contribution < 1.29 is 9.59 Å². The molecular formula is C21H30O2. The molecular weight excluding hydrogens is 284 g/mol. The molecule has 5 atom stereocenters. The summed E-state index contributed by atoms with van der Waals surface area (Å²) in [6.45, 7) is 6.96. The Balaban J connectivity index is 1.72. The molecule has 2 nitrogen and oxygen atoms in total. The quantitative estimate of drug-likeness (QED) is 0.701. The number of hydrogen-bond donors (Lipinski definition) is 0. The van der Waals surface area contributed by atoms with Gasteiger partial charge in [-0.05, 0) is 73.7 Å². The van der Waals surface area contributed by atoms with Crippen LogP contribution < -0.4 is 0 Å². The predicted octanol–water partition coefficient (Wildman–Crippen LogP) is 4.72. The molecule has 0 saturated heterocycles. The van der Waals surface area contributed by atoms with Crippen molar-refractivity contribution in [3.63, 3.8) is 0 Å². The van der Waals surface area contributed by atoms with Crippen molar-refractivity contribution >= 4 is 11.6 Å². The van der Waals surface area contributed by atoms with Crippen molar-refractivity contribution in [2.75, 3.05) is 0 Å². The second kappa shape index (κ2) is 5.04. The summed E-state index contributed by atoms with van der Waals surface area (Å²) < 4.78 is 0. The summed E-state index contributed by atoms with van der Waals surface area (Å²) >= 11 is 0. The largest absolute Gasteiger partial charge is 0.299 e. The number of carbonyl (C=O) groups is 2. The van der Waals surface area contributed by atoms with Crippen molar-refractivity contribution in [1.82, 2.24) is 0 Å². The molecule has 2 heteroatoms. The summed E-state index contributed by atoms with van der Waals surface area (Å²) in [5.41, 5.74) is 1.63. The summed E-state index contributed by atoms with van der Waals surface area (Å²) in [5.74, 6) is 3.36. The van der Waals surface area contributed by atoms with Crippen molar-refractivity contribution in [3.05, 3.63) is 11.6 Å². The average Bonchev–Trinajstić information content (AvgIpc) is 2.86. The molecule has 0 bridgehead atoms. The number of carbonyl (C=O) groups excluding carboxylic acids is 2. The Labute approximate surface area is 140 Å². The SMILES string of the molecule is CC(C)[C@]12CC[C@H]3[C@@H](CCC4=CC(=O)CC[C@@]43C)[C@@H]1CCC2=O. The molecule has 0 aromatic rings. The summed E-state index contributed by atoms with van der Waals surface area (Å²) in [6, 6.07) is 0. The lowest BCUT2D eigenvalue weighted by Crippen LogP contribution is -2.53. The topological polar surface area (TPSA) is 34.1 Å². The molecule has 4 aliphatic carbocycles. The summed E-state index contributed by atoms with van der Waals surface area (Å²) in [5, 5.41) is 0. The van der Waals surface area contributed by atoms with E-state index in [0.717, 1.165) is 38.5 Å². The van der Waals surface area contributed by atoms with E-state index in [1.54, 1.807) is 0 Å². The molecule has 0 unspecified atom stereocenters. The first-order valence-corrected chi connectivity index (χ1v) is 9.67. The van der Waals surface area contributed by atoms with Crippen molar-refractivity contribution in [1.29, 1.82) is 0 Å². The predicted molar refractivity (Wildman–Crippen MR) is 90.9 cm³/mol. The standard InChI is InChI=1S/C21H30O2/c1-13(2)21-11-9-17-16(18(21)6-7-19(21)23)5-4-14-12-15(22)8-10-20(14,17)3/h12-13,16-18H,4-11H2,1-3H3/t16-,17+,18+,20+,21-/m1/s1. The smallest absolute Gasteiger partial charge is 0.155 e. The van der Waals surface area contributed by atoms with Crippen LogP contribution in [0.5, 0.6) is 0 Å². The zero-order valence-electron chi connectivity index (χ0n) is 14.9. The molecule has 0 amide bonds. The zero-order valence-corrected chi connectivity index (χ0v) is 14.9. The molecule has 0 N–H and O–H groups in total. The van der Waals surface area contributed by atoms with E-state index in [1.165, 1.54) is 18.4 Å². The maximum atomic E-state index is 12.8. The number of ketones is 2. The molecule has 0 aromatic heterocycles. The van der Waals surface area contributed by atoms with Gasteiger partial charge in [0.25, 0.3) is 0 Å². The maximum Gasteiger partial charge on any atom is 0.155 e. The van der Waals surface area contributed by atoms with Gasteiger partial charge in [-0.25, -0.2) is 0 Å². The highest BCUT2D eigenvalue weighted by atomic mass is 16.1. The molecule has 0 aliphatic heterocycles. The first-order valence-electron chi connectivity index (χ1n) is 9.67. The Hall–Kier alpha value is -0.920. The Bertz CT molecular complexity index is 587. The van der Waals surface area contributed by atoms with Gasteiger partial charge in [0.1, 0.15) is 5.78 Å². The lowest BCUT2D eigenvalue weighted by molar-refractivity contribution is -0.139. The summed E-state index contributed by atoms with van der Waals surface area (Å²) in [7, 11) is 0. The van der Waals surface area contributed by atoms with Crippen LogP contribution in [0.1, 0.15) is 72.1 Å². The molecule has 0 heterocycles. The Kier molecular flexibility index (Phi) is 3.42. The third-order valence-electron chi connectivity index (χ3n) is 8.32.